The zero-order chi connectivity index (χ0) is 41.1. The molecule has 2 amide bonds. The first kappa shape index (κ1) is 46.3. The zero-order valence-electron chi connectivity index (χ0n) is 32.8. The van der Waals surface area contributed by atoms with Crippen LogP contribution in [0.1, 0.15) is 101 Å². The number of halogens is 4. The van der Waals surface area contributed by atoms with Crippen LogP contribution >= 0.6 is 0 Å². The van der Waals surface area contributed by atoms with E-state index in [1.165, 1.54) is 12.1 Å². The Morgan fingerprint density at radius 1 is 0.585 bits per heavy atom. The van der Waals surface area contributed by atoms with Crippen molar-refractivity contribution >= 4 is 17.5 Å². The summed E-state index contributed by atoms with van der Waals surface area (Å²) >= 11 is 0. The number of imide groups is 1. The lowest BCUT2D eigenvalue weighted by atomic mass is 10.1. The second-order valence-electron chi connectivity index (χ2n) is 15.7. The van der Waals surface area contributed by atoms with Crippen LogP contribution in [-0.2, 0) is 14.4 Å². The molecule has 0 unspecified atom stereocenters. The van der Waals surface area contributed by atoms with E-state index in [4.69, 9.17) is 19.0 Å². The first-order chi connectivity index (χ1) is 24.0. The number of nitrogens with zero attached hydrogens (tertiary/aromatic N) is 2. The highest BCUT2D eigenvalue weighted by Crippen LogP contribution is 2.32. The van der Waals surface area contributed by atoms with Crippen LogP contribution in [0.15, 0.2) is 54.6 Å². The van der Waals surface area contributed by atoms with E-state index in [9.17, 15) is 37.3 Å². The average molecular weight is 753 g/mol. The van der Waals surface area contributed by atoms with Gasteiger partial charge < -0.3 is 14.2 Å². The molecule has 1 heterocycles. The molecule has 0 saturated carbocycles. The summed E-state index contributed by atoms with van der Waals surface area (Å²) in [5.74, 6) is -5.91. The fourth-order valence-electron chi connectivity index (χ4n) is 3.88. The number of benzene rings is 3. The lowest BCUT2D eigenvalue weighted by Gasteiger charge is -2.24. The fourth-order valence-corrected chi connectivity index (χ4v) is 3.88. The van der Waals surface area contributed by atoms with Crippen LogP contribution in [0, 0.1) is 40.3 Å². The predicted octanol–water partition coefficient (Wildman–Crippen LogP) is 10.2. The van der Waals surface area contributed by atoms with Gasteiger partial charge >= 0.3 is 0 Å². The van der Waals surface area contributed by atoms with Crippen molar-refractivity contribution in [2.24, 2.45) is 0 Å². The van der Waals surface area contributed by atoms with Crippen LogP contribution in [0.4, 0.5) is 23.2 Å². The lowest BCUT2D eigenvalue weighted by Crippen LogP contribution is -2.37. The Morgan fingerprint density at radius 3 is 1.38 bits per heavy atom. The summed E-state index contributed by atoms with van der Waals surface area (Å²) in [5, 5.41) is 11.2. The van der Waals surface area contributed by atoms with Gasteiger partial charge in [0.25, 0.3) is 17.5 Å². The van der Waals surface area contributed by atoms with E-state index >= 15 is 0 Å². The Labute approximate surface area is 309 Å². The number of nitro benzene ring substituents is 1. The van der Waals surface area contributed by atoms with Gasteiger partial charge in [-0.05, 0) is 114 Å². The van der Waals surface area contributed by atoms with Crippen molar-refractivity contribution in [2.75, 3.05) is 0 Å². The molecule has 0 aliphatic carbocycles. The third kappa shape index (κ3) is 17.6. The first-order valence-electron chi connectivity index (χ1n) is 16.8. The molecule has 1 aliphatic rings. The van der Waals surface area contributed by atoms with E-state index in [2.05, 4.69) is 0 Å². The van der Waals surface area contributed by atoms with Gasteiger partial charge in [-0.3, -0.25) is 24.5 Å². The average Bonchev–Trinajstić information content (AvgIpc) is 3.32. The normalized spacial score (nSPS) is 13.1. The minimum absolute atomic E-state index is 0.0752. The number of carbonyl (C=O) groups excluding carboxylic acids is 2. The topological polar surface area (TPSA) is 117 Å². The number of hydrogen-bond donors (Lipinski definition) is 0. The number of carbonyl (C=O) groups is 2. The van der Waals surface area contributed by atoms with Crippen molar-refractivity contribution in [1.29, 1.82) is 0 Å². The Hall–Kier alpha value is -4.72. The number of hydrogen-bond acceptors (Lipinski definition) is 8. The molecule has 294 valence electrons. The zero-order valence-corrected chi connectivity index (χ0v) is 32.8. The number of para-hydroxylation sites is 1. The maximum Gasteiger partial charge on any atom is 0.269 e. The van der Waals surface area contributed by atoms with Gasteiger partial charge in [-0.15, -0.1) is 0 Å². The minimum atomic E-state index is -1.72. The fraction of sp³-hybridized carbons (Fsp3) is 0.487. The number of nitro groups is 1. The van der Waals surface area contributed by atoms with Crippen molar-refractivity contribution in [3.63, 3.8) is 0 Å². The van der Waals surface area contributed by atoms with Crippen LogP contribution in [0.2, 0.25) is 0 Å². The van der Waals surface area contributed by atoms with E-state index in [-0.39, 0.29) is 41.5 Å². The van der Waals surface area contributed by atoms with Gasteiger partial charge in [0.1, 0.15) is 28.3 Å². The number of amides is 2. The Balaban J connectivity index is 0.000000357. The molecule has 3 aromatic rings. The second kappa shape index (κ2) is 18.9. The molecule has 0 atom stereocenters. The summed E-state index contributed by atoms with van der Waals surface area (Å²) in [4.78, 5) is 37.2. The van der Waals surface area contributed by atoms with Gasteiger partial charge in [0, 0.05) is 30.5 Å². The molecule has 1 aliphatic heterocycles. The van der Waals surface area contributed by atoms with E-state index in [1.54, 1.807) is 53.7 Å². The number of hydroxylamine groups is 2. The molecule has 0 N–H and O–H groups in total. The summed E-state index contributed by atoms with van der Waals surface area (Å²) in [6.45, 7) is 22.9. The summed E-state index contributed by atoms with van der Waals surface area (Å²) in [6.07, 6.45) is 0.545. The van der Waals surface area contributed by atoms with Crippen molar-refractivity contribution in [3.05, 3.63) is 93.5 Å². The van der Waals surface area contributed by atoms with Crippen molar-refractivity contribution in [1.82, 2.24) is 5.06 Å². The molecule has 3 aromatic carbocycles. The third-order valence-corrected chi connectivity index (χ3v) is 5.86. The van der Waals surface area contributed by atoms with Gasteiger partial charge in [0.15, 0.2) is 23.2 Å². The maximum absolute atomic E-state index is 13.5. The highest BCUT2D eigenvalue weighted by molar-refractivity contribution is 6.00. The quantitative estimate of drug-likeness (QED) is 0.0631. The van der Waals surface area contributed by atoms with E-state index < -0.39 is 50.7 Å². The molecule has 4 rings (SSSR count). The summed E-state index contributed by atoms with van der Waals surface area (Å²) in [6, 6.07) is 15.9. The standard InChI is InChI=1S/C11H12F4O.C10H13NO3.C10H14O.C8H13NO3/c1-5-6(12)8(14)9(15)10(7(5)13)16-11(2,3)4;1-10(2,3)14-9-6-4-8(5-7-9)11(12)13;1-10(2,3)11-9-7-5-4-6-8-9;1-8(2,3)12-9-6(10)4-5-7(9)11/h1-4H3;4-7H,1-3H3;4-8H,1-3H3;4-5H2,1-3H3. The molecule has 0 bridgehead atoms. The van der Waals surface area contributed by atoms with Crippen molar-refractivity contribution in [2.45, 2.75) is 125 Å². The van der Waals surface area contributed by atoms with E-state index in [1.807, 2.05) is 71.9 Å². The van der Waals surface area contributed by atoms with Gasteiger partial charge in [0.2, 0.25) is 5.82 Å². The SMILES string of the molecule is CC(C)(C)ON1C(=O)CCC1=O.CC(C)(C)Oc1ccc([N+](=O)[O-])cc1.CC(C)(C)Oc1ccccc1.Cc1c(F)c(F)c(F)c(OC(C)(C)C)c1F. The van der Waals surface area contributed by atoms with Crippen LogP contribution in [0.3, 0.4) is 0 Å². The number of ether oxygens (including phenoxy) is 3. The van der Waals surface area contributed by atoms with Crippen molar-refractivity contribution < 1.29 is 51.1 Å². The molecule has 0 radical (unpaired) electrons. The molecule has 0 aromatic heterocycles. The molecular weight excluding hydrogens is 700 g/mol. The van der Waals surface area contributed by atoms with E-state index in [0.29, 0.717) is 5.75 Å². The highest BCUT2D eigenvalue weighted by atomic mass is 19.2. The monoisotopic (exact) mass is 752 g/mol. The second-order valence-corrected chi connectivity index (χ2v) is 15.7. The maximum atomic E-state index is 13.5. The van der Waals surface area contributed by atoms with Crippen molar-refractivity contribution in [3.8, 4) is 17.2 Å². The largest absolute Gasteiger partial charge is 0.488 e. The van der Waals surface area contributed by atoms with Crippen LogP contribution in [0.5, 0.6) is 17.2 Å². The van der Waals surface area contributed by atoms with Gasteiger partial charge in [0.05, 0.1) is 10.5 Å². The van der Waals surface area contributed by atoms with Crippen LogP contribution in [-0.4, -0.2) is 44.2 Å². The molecular formula is C39H52F4N2O8. The third-order valence-electron chi connectivity index (χ3n) is 5.86. The first-order valence-corrected chi connectivity index (χ1v) is 16.8. The molecule has 1 fully saturated rings. The lowest BCUT2D eigenvalue weighted by molar-refractivity contribution is -0.384. The van der Waals surface area contributed by atoms with E-state index in [0.717, 1.165) is 17.7 Å². The predicted molar refractivity (Wildman–Crippen MR) is 194 cm³/mol. The van der Waals surface area contributed by atoms with Gasteiger partial charge in [-0.1, -0.05) is 18.2 Å². The molecule has 1 saturated heterocycles. The minimum Gasteiger partial charge on any atom is -0.488 e. The molecule has 0 spiro atoms. The van der Waals surface area contributed by atoms with Crippen LogP contribution in [0.25, 0.3) is 0 Å². The number of non-ortho nitro benzene ring substituents is 1. The summed E-state index contributed by atoms with van der Waals surface area (Å²) in [7, 11) is 0. The smallest absolute Gasteiger partial charge is 0.269 e. The molecule has 53 heavy (non-hydrogen) atoms. The summed E-state index contributed by atoms with van der Waals surface area (Å²) in [5.41, 5.74) is -2.30. The Morgan fingerprint density at radius 2 is 1.00 bits per heavy atom. The van der Waals surface area contributed by atoms with Crippen LogP contribution < -0.4 is 14.2 Å². The molecule has 10 nitrogen and oxygen atoms in total. The Bertz CT molecular complexity index is 1630. The molecule has 14 heteroatoms. The van der Waals surface area contributed by atoms with Gasteiger partial charge in [-0.2, -0.15) is 9.45 Å². The Kier molecular flexibility index (Phi) is 16.5. The highest BCUT2D eigenvalue weighted by Gasteiger charge is 2.33. The summed E-state index contributed by atoms with van der Waals surface area (Å²) < 4.78 is 68.7. The number of rotatable bonds is 5. The van der Waals surface area contributed by atoms with Gasteiger partial charge in [-0.25, -0.2) is 13.2 Å².